The molecule has 1 spiro atoms. The van der Waals surface area contributed by atoms with Crippen molar-refractivity contribution in [2.24, 2.45) is 16.2 Å². The fourth-order valence-corrected chi connectivity index (χ4v) is 19.5. The molecule has 4 fully saturated rings. The van der Waals surface area contributed by atoms with Gasteiger partial charge in [0.05, 0.1) is 17.1 Å². The smallest absolute Gasteiger partial charge is 0.227 e. The van der Waals surface area contributed by atoms with Gasteiger partial charge in [-0.15, -0.1) is 0 Å². The predicted octanol–water partition coefficient (Wildman–Crippen LogP) is 28.2. The molecule has 13 aromatic rings. The first-order valence-electron chi connectivity index (χ1n) is 52.0. The van der Waals surface area contributed by atoms with Crippen molar-refractivity contribution >= 4 is 106 Å². The average Bonchev–Trinajstić information content (AvgIpc) is 1.50. The number of anilines is 7. The summed E-state index contributed by atoms with van der Waals surface area (Å²) in [7, 11) is 0. The van der Waals surface area contributed by atoms with Crippen molar-refractivity contribution in [3.05, 3.63) is 233 Å². The van der Waals surface area contributed by atoms with E-state index in [1.165, 1.54) is 20.3 Å². The fraction of sp³-hybridized carbons (Fsp3) is 0.437. The van der Waals surface area contributed by atoms with E-state index < -0.39 is 111 Å². The van der Waals surface area contributed by atoms with E-state index in [9.17, 15) is 2.74 Å². The van der Waals surface area contributed by atoms with Crippen molar-refractivity contribution in [2.75, 3.05) is 24.5 Å². The van der Waals surface area contributed by atoms with Gasteiger partial charge in [-0.05, 0) is 241 Å². The largest absolute Gasteiger partial charge is 0.454 e. The van der Waals surface area contributed by atoms with Crippen LogP contribution in [0.4, 0.5) is 39.9 Å². The Morgan fingerprint density at radius 1 is 0.354 bits per heavy atom. The Kier molecular flexibility index (Phi) is 13.8. The summed E-state index contributed by atoms with van der Waals surface area (Å²) in [4.78, 5) is 18.6. The third-order valence-corrected chi connectivity index (χ3v) is 25.6. The normalized spacial score (nSPS) is 29.1. The Bertz CT molecular complexity index is 6430. The lowest BCUT2D eigenvalue weighted by Crippen LogP contribution is -2.44. The van der Waals surface area contributed by atoms with E-state index in [1.54, 1.807) is 56.0 Å². The summed E-state index contributed by atoms with van der Waals surface area (Å²) >= 11 is 0. The summed E-state index contributed by atoms with van der Waals surface area (Å²) in [5.74, 6) is 0.753. The highest BCUT2D eigenvalue weighted by molar-refractivity contribution is 6.12. The number of rotatable bonds is 5. The summed E-state index contributed by atoms with van der Waals surface area (Å²) in [5.41, 5.74) is 4.59. The third kappa shape index (κ3) is 13.3. The van der Waals surface area contributed by atoms with Gasteiger partial charge in [0.2, 0.25) is 5.71 Å². The van der Waals surface area contributed by atoms with Gasteiger partial charge in [0.25, 0.3) is 0 Å². The van der Waals surface area contributed by atoms with E-state index in [0.717, 1.165) is 137 Å². The Labute approximate surface area is 708 Å². The Balaban J connectivity index is 0.000000131. The van der Waals surface area contributed by atoms with Crippen LogP contribution in [0.25, 0.3) is 65.9 Å². The molecule has 113 heavy (non-hydrogen) atoms. The van der Waals surface area contributed by atoms with Crippen LogP contribution in [0, 0.1) is 50.9 Å². The van der Waals surface area contributed by atoms with Crippen molar-refractivity contribution < 1.29 is 46.1 Å². The summed E-state index contributed by atoms with van der Waals surface area (Å²) in [5, 5.41) is 5.46. The summed E-state index contributed by atoms with van der Waals surface area (Å²) in [6.07, 6.45) is 2.28. The first-order valence-corrected chi connectivity index (χ1v) is 40.0. The zero-order valence-electron chi connectivity index (χ0n) is 92.8. The summed E-state index contributed by atoms with van der Waals surface area (Å²) < 4.78 is 220. The van der Waals surface area contributed by atoms with Crippen LogP contribution in [0.5, 0.6) is 0 Å². The van der Waals surface area contributed by atoms with E-state index in [2.05, 4.69) is 95.7 Å². The topological polar surface area (TPSA) is 81.4 Å². The molecule has 19 rings (SSSR count). The number of aromatic nitrogens is 2. The molecule has 0 radical (unpaired) electrons. The Hall–Kier alpha value is -9.54. The second-order valence-corrected chi connectivity index (χ2v) is 34.5. The van der Waals surface area contributed by atoms with E-state index >= 15 is 0 Å². The van der Waals surface area contributed by atoms with Crippen LogP contribution in [0.1, 0.15) is 254 Å². The number of aryl methyl sites for hydroxylation is 5. The molecule has 10 heterocycles. The number of benzene rings is 8. The van der Waals surface area contributed by atoms with Gasteiger partial charge in [0.1, 0.15) is 17.0 Å². The molecule has 5 aliphatic heterocycles. The monoisotopic (exact) mass is 1530 g/mol. The van der Waals surface area contributed by atoms with Gasteiger partial charge in [-0.25, -0.2) is 9.97 Å². The first kappa shape index (κ1) is 54.3. The molecular formula is C103H125N7O3. The number of hydrogen-bond donors (Lipinski definition) is 0. The minimum absolute atomic E-state index is 0.116. The highest BCUT2D eigenvalue weighted by atomic mass is 16.3. The van der Waals surface area contributed by atoms with Crippen molar-refractivity contribution in [1.29, 1.82) is 0 Å². The minimum atomic E-state index is -3.09. The second-order valence-electron chi connectivity index (χ2n) is 34.5. The zero-order chi connectivity index (χ0) is 101. The Morgan fingerprint density at radius 2 is 0.752 bits per heavy atom. The van der Waals surface area contributed by atoms with Gasteiger partial charge < -0.3 is 37.8 Å². The maximum atomic E-state index is 9.32. The van der Waals surface area contributed by atoms with Crippen LogP contribution in [-0.2, 0) is 10.8 Å². The average molecular weight is 1530 g/mol. The molecule has 6 aliphatic rings. The number of hydrogen-bond acceptors (Lipinski definition) is 10. The number of furan rings is 3. The van der Waals surface area contributed by atoms with E-state index in [4.69, 9.17) is 43.4 Å². The lowest BCUT2D eigenvalue weighted by Gasteiger charge is -2.41. The van der Waals surface area contributed by atoms with Crippen molar-refractivity contribution in [3.63, 3.8) is 0 Å². The molecule has 5 aromatic heterocycles. The third-order valence-electron chi connectivity index (χ3n) is 25.6. The molecule has 0 amide bonds. The maximum Gasteiger partial charge on any atom is 0.227 e. The summed E-state index contributed by atoms with van der Waals surface area (Å²) in [6, 6.07) is 56.3. The van der Waals surface area contributed by atoms with Gasteiger partial charge in [0, 0.05) is 158 Å². The van der Waals surface area contributed by atoms with E-state index in [0.29, 0.717) is 33.8 Å². The molecule has 1 saturated carbocycles. The fourth-order valence-electron chi connectivity index (χ4n) is 19.5. The highest BCUT2D eigenvalue weighted by Crippen LogP contribution is 2.59. The van der Waals surface area contributed by atoms with Crippen LogP contribution in [0.2, 0.25) is 0 Å². The van der Waals surface area contributed by atoms with Crippen molar-refractivity contribution in [2.45, 2.75) is 275 Å². The van der Waals surface area contributed by atoms with Gasteiger partial charge in [-0.3, -0.25) is 0 Å². The maximum absolute atomic E-state index is 9.32. The molecule has 0 N–H and O–H groups in total. The quantitative estimate of drug-likeness (QED) is 0.166. The molecule has 8 aromatic carbocycles. The van der Waals surface area contributed by atoms with Crippen molar-refractivity contribution in [3.8, 4) is 0 Å². The van der Waals surface area contributed by atoms with Gasteiger partial charge in [-0.2, -0.15) is 0 Å². The number of nitrogens with zero attached hydrogens (tertiary/aromatic N) is 7. The molecule has 590 valence electrons. The van der Waals surface area contributed by atoms with Crippen LogP contribution < -0.4 is 24.5 Å². The molecule has 0 bridgehead atoms. The molecular weight excluding hydrogens is 1380 g/mol. The van der Waals surface area contributed by atoms with Crippen molar-refractivity contribution in [1.82, 2.24) is 9.97 Å². The number of pyridine rings is 2. The van der Waals surface area contributed by atoms with Crippen LogP contribution >= 0.6 is 0 Å². The molecule has 7 atom stereocenters. The molecule has 10 heteroatoms. The van der Waals surface area contributed by atoms with Crippen LogP contribution in [0.15, 0.2) is 208 Å². The van der Waals surface area contributed by atoms with Gasteiger partial charge in [0.15, 0.2) is 16.7 Å². The molecule has 1 aliphatic carbocycles. The van der Waals surface area contributed by atoms with Gasteiger partial charge >= 0.3 is 0 Å². The Morgan fingerprint density at radius 3 is 1.26 bits per heavy atom. The number of para-hydroxylation sites is 5. The van der Waals surface area contributed by atoms with Gasteiger partial charge in [-0.1, -0.05) is 208 Å². The van der Waals surface area contributed by atoms with Crippen LogP contribution in [-0.4, -0.2) is 56.8 Å². The predicted molar refractivity (Wildman–Crippen MR) is 480 cm³/mol. The summed E-state index contributed by atoms with van der Waals surface area (Å²) in [6.45, 7) is 16.8. The first-order chi connectivity index (χ1) is 63.3. The molecule has 3 saturated heterocycles. The molecule has 10 nitrogen and oxygen atoms in total. The second kappa shape index (κ2) is 28.8. The highest BCUT2D eigenvalue weighted by Gasteiger charge is 2.56. The SMILES string of the molecule is [2H]C([2H])([2H])C1(C([2H])([2H])[2H])C(C)N(c2c(C)ccc3c2oc2ccccc23)C(C)(C)C1([2H])[2H].[2H]C([2H])([2H])C1(C([2H])([2H])[2H])C(C)N(c2c(C)ccc3c2oc2ncccc23)C(C)(C)C1([2H])[2H].[2H]C([2H])([2H])C1(C)c2ccccc2N(c2ccccc2C)C1C.[2H]C([2H])([2H])C1(C)c2cccnc2N(c2ccccc2C)C1C.[2H]C1([2H])C2(CCCCC2)C(C)N(c2c(C)ccc3c2oc2ccccc23)C1(C)C. The lowest BCUT2D eigenvalue weighted by atomic mass is 9.68. The lowest BCUT2D eigenvalue weighted by molar-refractivity contribution is 0.170. The van der Waals surface area contributed by atoms with Crippen LogP contribution in [0.3, 0.4) is 0 Å². The number of fused-ring (bicyclic) bond motifs is 11. The van der Waals surface area contributed by atoms with E-state index in [1.807, 2.05) is 188 Å². The molecule has 7 unspecified atom stereocenters. The standard InChI is InChI=1S/C25H31NO.C22H27NO.C21H26N2O.C18H21N.C17H20N2/c1-17-12-13-20-19-10-6-7-11-21(19)27-23(20)22(17)26-18(2)25(16-24(26,3)4)14-8-5-9-15-25;1-14-11-12-17-16-9-7-8-10-18(16)24-20(17)19(14)23-15(2)21(3,4)13-22(23,5)6;1-13-9-10-15-16-8-7-11-22-19(16)24-18(15)17(13)23-14(2)20(3,4)12-21(23,5)6;1-13-9-5-7-11-16(13)19-14(2)18(3,4)15-10-6-8-12-17(15)19;1-12-8-5-6-10-15(12)19-13(2)17(3,4)14-9-7-11-18-16(14)19/h6-7,10-13,18H,5,8-9,14-16H2,1-4H3;7-12,15H,13H2,1-6H3;7-11,14H,12H2,1-6H3;5-12,14H,1-4H3;5-11,13H,1-4H3/i16D2;3D3,4D3,13D2;3D3,4D3,12D2;2*3D3. The minimum Gasteiger partial charge on any atom is -0.454 e. The zero-order valence-corrected chi connectivity index (χ0v) is 68.8. The van der Waals surface area contributed by atoms with E-state index in [-0.39, 0.29) is 23.5 Å².